The maximum atomic E-state index is 12.1. The summed E-state index contributed by atoms with van der Waals surface area (Å²) in [5.41, 5.74) is 5.61. The Morgan fingerprint density at radius 2 is 1.84 bits per heavy atom. The van der Waals surface area contributed by atoms with E-state index in [1.165, 1.54) is 0 Å². The standard InChI is InChI=1S/C12H28N4O2S/c1-3-15(4-2)10-7-14-19(17,18)16-8-5-12(11-13)6-9-16/h12,14H,3-11,13H2,1-2H3. The summed E-state index contributed by atoms with van der Waals surface area (Å²) in [6.07, 6.45) is 1.74. The molecule has 0 aromatic carbocycles. The van der Waals surface area contributed by atoms with Crippen LogP contribution in [0.15, 0.2) is 0 Å². The van der Waals surface area contributed by atoms with Crippen molar-refractivity contribution in [3.63, 3.8) is 0 Å². The molecule has 19 heavy (non-hydrogen) atoms. The molecular formula is C12H28N4O2S. The Labute approximate surface area is 117 Å². The molecule has 0 amide bonds. The van der Waals surface area contributed by atoms with Gasteiger partial charge in [-0.1, -0.05) is 13.8 Å². The van der Waals surface area contributed by atoms with Crippen molar-refractivity contribution in [3.05, 3.63) is 0 Å². The molecule has 0 aromatic heterocycles. The molecule has 0 radical (unpaired) electrons. The Morgan fingerprint density at radius 1 is 1.26 bits per heavy atom. The summed E-state index contributed by atoms with van der Waals surface area (Å²) in [4.78, 5) is 2.20. The highest BCUT2D eigenvalue weighted by Crippen LogP contribution is 2.17. The van der Waals surface area contributed by atoms with Crippen molar-refractivity contribution >= 4 is 10.2 Å². The van der Waals surface area contributed by atoms with Crippen LogP contribution in [0.4, 0.5) is 0 Å². The molecular weight excluding hydrogens is 264 g/mol. The molecule has 1 rings (SSSR count). The summed E-state index contributed by atoms with van der Waals surface area (Å²) < 4.78 is 28.4. The number of likely N-dealkylation sites (N-methyl/N-ethyl adjacent to an activating group) is 1. The molecule has 1 fully saturated rings. The van der Waals surface area contributed by atoms with E-state index in [1.807, 2.05) is 0 Å². The number of hydrogen-bond donors (Lipinski definition) is 2. The first-order chi connectivity index (χ1) is 9.03. The van der Waals surface area contributed by atoms with Gasteiger partial charge in [0.15, 0.2) is 0 Å². The van der Waals surface area contributed by atoms with Gasteiger partial charge in [0.25, 0.3) is 10.2 Å². The molecule has 1 heterocycles. The van der Waals surface area contributed by atoms with E-state index in [0.717, 1.165) is 32.5 Å². The Hall–Kier alpha value is -0.210. The van der Waals surface area contributed by atoms with Gasteiger partial charge in [0.1, 0.15) is 0 Å². The third-order valence-corrected chi connectivity index (χ3v) is 5.47. The minimum Gasteiger partial charge on any atom is -0.330 e. The van der Waals surface area contributed by atoms with Gasteiger partial charge in [-0.3, -0.25) is 0 Å². The summed E-state index contributed by atoms with van der Waals surface area (Å²) in [5, 5.41) is 0. The summed E-state index contributed by atoms with van der Waals surface area (Å²) in [6.45, 7) is 9.10. The van der Waals surface area contributed by atoms with Crippen LogP contribution in [0.3, 0.4) is 0 Å². The van der Waals surface area contributed by atoms with Gasteiger partial charge >= 0.3 is 0 Å². The van der Waals surface area contributed by atoms with Crippen molar-refractivity contribution in [3.8, 4) is 0 Å². The van der Waals surface area contributed by atoms with E-state index in [-0.39, 0.29) is 0 Å². The lowest BCUT2D eigenvalue weighted by Gasteiger charge is -2.30. The molecule has 6 nitrogen and oxygen atoms in total. The Morgan fingerprint density at radius 3 is 2.32 bits per heavy atom. The smallest absolute Gasteiger partial charge is 0.279 e. The average Bonchev–Trinajstić information content (AvgIpc) is 2.43. The van der Waals surface area contributed by atoms with Gasteiger partial charge in [-0.05, 0) is 38.4 Å². The predicted molar refractivity (Wildman–Crippen MR) is 78.1 cm³/mol. The SMILES string of the molecule is CCN(CC)CCNS(=O)(=O)N1CCC(CN)CC1. The third kappa shape index (κ3) is 5.35. The largest absolute Gasteiger partial charge is 0.330 e. The van der Waals surface area contributed by atoms with Crippen LogP contribution in [0.25, 0.3) is 0 Å². The van der Waals surface area contributed by atoms with E-state index in [1.54, 1.807) is 4.31 Å². The fourth-order valence-corrected chi connectivity index (χ4v) is 3.57. The van der Waals surface area contributed by atoms with E-state index < -0.39 is 10.2 Å². The highest BCUT2D eigenvalue weighted by molar-refractivity contribution is 7.87. The number of nitrogens with zero attached hydrogens (tertiary/aromatic N) is 2. The molecule has 0 atom stereocenters. The van der Waals surface area contributed by atoms with E-state index in [2.05, 4.69) is 23.5 Å². The fraction of sp³-hybridized carbons (Fsp3) is 1.00. The van der Waals surface area contributed by atoms with Crippen LogP contribution in [0.5, 0.6) is 0 Å². The molecule has 0 unspecified atom stereocenters. The van der Waals surface area contributed by atoms with E-state index in [9.17, 15) is 8.42 Å². The molecule has 0 spiro atoms. The maximum Gasteiger partial charge on any atom is 0.279 e. The lowest BCUT2D eigenvalue weighted by Crippen LogP contribution is -2.47. The van der Waals surface area contributed by atoms with Crippen molar-refractivity contribution in [1.29, 1.82) is 0 Å². The van der Waals surface area contributed by atoms with Gasteiger partial charge in [-0.2, -0.15) is 12.7 Å². The fourth-order valence-electron chi connectivity index (χ4n) is 2.35. The highest BCUT2D eigenvalue weighted by atomic mass is 32.2. The molecule has 1 saturated heterocycles. The molecule has 3 N–H and O–H groups in total. The number of rotatable bonds is 8. The van der Waals surface area contributed by atoms with Crippen molar-refractivity contribution in [1.82, 2.24) is 13.9 Å². The van der Waals surface area contributed by atoms with Crippen LogP contribution in [-0.2, 0) is 10.2 Å². The topological polar surface area (TPSA) is 78.7 Å². The number of piperidine rings is 1. The van der Waals surface area contributed by atoms with Crippen LogP contribution in [0.1, 0.15) is 26.7 Å². The Kier molecular flexibility index (Phi) is 7.23. The molecule has 0 aliphatic carbocycles. The second-order valence-electron chi connectivity index (χ2n) is 5.00. The lowest BCUT2D eigenvalue weighted by atomic mass is 9.99. The second-order valence-corrected chi connectivity index (χ2v) is 6.76. The monoisotopic (exact) mass is 292 g/mol. The van der Waals surface area contributed by atoms with Crippen LogP contribution in [0.2, 0.25) is 0 Å². The summed E-state index contributed by atoms with van der Waals surface area (Å²) in [5.74, 6) is 0.474. The van der Waals surface area contributed by atoms with Crippen LogP contribution in [-0.4, -0.2) is 63.4 Å². The van der Waals surface area contributed by atoms with Crippen molar-refractivity contribution in [2.24, 2.45) is 11.7 Å². The Balaban J connectivity index is 2.36. The summed E-state index contributed by atoms with van der Waals surface area (Å²) in [7, 11) is -3.31. The average molecular weight is 292 g/mol. The van der Waals surface area contributed by atoms with Crippen molar-refractivity contribution < 1.29 is 8.42 Å². The normalized spacial score (nSPS) is 19.2. The molecule has 0 bridgehead atoms. The van der Waals surface area contributed by atoms with E-state index in [0.29, 0.717) is 32.1 Å². The van der Waals surface area contributed by atoms with Crippen LogP contribution in [0, 0.1) is 5.92 Å². The zero-order valence-electron chi connectivity index (χ0n) is 12.1. The quantitative estimate of drug-likeness (QED) is 0.651. The minimum atomic E-state index is -3.31. The van der Waals surface area contributed by atoms with Crippen LogP contribution < -0.4 is 10.5 Å². The summed E-state index contributed by atoms with van der Waals surface area (Å²) in [6, 6.07) is 0. The minimum absolute atomic E-state index is 0.473. The predicted octanol–water partition coefficient (Wildman–Crippen LogP) is -0.167. The van der Waals surface area contributed by atoms with E-state index >= 15 is 0 Å². The first-order valence-electron chi connectivity index (χ1n) is 7.20. The number of hydrogen-bond acceptors (Lipinski definition) is 4. The third-order valence-electron chi connectivity index (χ3n) is 3.85. The number of nitrogens with one attached hydrogen (secondary N) is 1. The second kappa shape index (κ2) is 8.16. The molecule has 114 valence electrons. The summed E-state index contributed by atoms with van der Waals surface area (Å²) >= 11 is 0. The van der Waals surface area contributed by atoms with Crippen molar-refractivity contribution in [2.45, 2.75) is 26.7 Å². The van der Waals surface area contributed by atoms with Gasteiger partial charge < -0.3 is 10.6 Å². The van der Waals surface area contributed by atoms with Crippen LogP contribution >= 0.6 is 0 Å². The molecule has 7 heteroatoms. The number of nitrogens with two attached hydrogens (primary N) is 1. The van der Waals surface area contributed by atoms with Crippen molar-refractivity contribution in [2.75, 3.05) is 45.8 Å². The molecule has 1 aliphatic rings. The first kappa shape index (κ1) is 16.8. The zero-order chi connectivity index (χ0) is 14.3. The van der Waals surface area contributed by atoms with Gasteiger partial charge in [-0.25, -0.2) is 4.72 Å². The lowest BCUT2D eigenvalue weighted by molar-refractivity contribution is 0.272. The highest BCUT2D eigenvalue weighted by Gasteiger charge is 2.26. The maximum absolute atomic E-state index is 12.1. The van der Waals surface area contributed by atoms with Gasteiger partial charge in [0, 0.05) is 26.2 Å². The zero-order valence-corrected chi connectivity index (χ0v) is 13.0. The van der Waals surface area contributed by atoms with E-state index in [4.69, 9.17) is 5.73 Å². The molecule has 0 saturated carbocycles. The van der Waals surface area contributed by atoms with Gasteiger partial charge in [0.05, 0.1) is 0 Å². The molecule has 0 aromatic rings. The van der Waals surface area contributed by atoms with Gasteiger partial charge in [0.2, 0.25) is 0 Å². The molecule has 1 aliphatic heterocycles. The first-order valence-corrected chi connectivity index (χ1v) is 8.64. The van der Waals surface area contributed by atoms with Gasteiger partial charge in [-0.15, -0.1) is 0 Å². The Bertz CT molecular complexity index is 336.